The van der Waals surface area contributed by atoms with Crippen molar-refractivity contribution in [3.8, 4) is 0 Å². The number of hydrogen-bond donors (Lipinski definition) is 2. The summed E-state index contributed by atoms with van der Waals surface area (Å²) in [6.45, 7) is 6.45. The van der Waals surface area contributed by atoms with Crippen molar-refractivity contribution in [2.75, 3.05) is 10.6 Å². The number of hydrogen-bond acceptors (Lipinski definition) is 5. The highest BCUT2D eigenvalue weighted by molar-refractivity contribution is 5.59. The number of aromatic nitrogens is 3. The normalized spacial score (nSPS) is 11.3. The second-order valence-corrected chi connectivity index (χ2v) is 6.87. The van der Waals surface area contributed by atoms with Gasteiger partial charge in [0.25, 0.3) is 0 Å². The van der Waals surface area contributed by atoms with Crippen LogP contribution < -0.4 is 10.6 Å². The zero-order valence-electron chi connectivity index (χ0n) is 14.7. The largest absolute Gasteiger partial charge is 0.339 e. The summed E-state index contributed by atoms with van der Waals surface area (Å²) in [5.41, 5.74) is 2.21. The zero-order chi connectivity index (χ0) is 18.7. The third-order valence-electron chi connectivity index (χ3n) is 3.76. The SMILES string of the molecule is CC(C)(C)c1ccc(Nc2cnnc(Nc3ccc(F)cc3F)n2)cc1. The molecule has 0 unspecified atom stereocenters. The average Bonchev–Trinajstić information content (AvgIpc) is 2.57. The van der Waals surface area contributed by atoms with Gasteiger partial charge in [-0.1, -0.05) is 32.9 Å². The Kier molecular flexibility index (Phi) is 4.79. The molecule has 0 radical (unpaired) electrons. The molecule has 2 aromatic carbocycles. The highest BCUT2D eigenvalue weighted by Crippen LogP contribution is 2.25. The molecule has 26 heavy (non-hydrogen) atoms. The van der Waals surface area contributed by atoms with Gasteiger partial charge >= 0.3 is 0 Å². The number of rotatable bonds is 4. The number of benzene rings is 2. The van der Waals surface area contributed by atoms with Gasteiger partial charge in [0.15, 0.2) is 5.82 Å². The second kappa shape index (κ2) is 7.03. The maximum absolute atomic E-state index is 13.7. The standard InChI is InChI=1S/C19H19F2N5/c1-19(2,3)12-4-7-14(8-5-12)23-17-11-22-26-18(25-17)24-16-9-6-13(20)10-15(16)21/h4-11H,1-3H3,(H2,23,24,25,26). The lowest BCUT2D eigenvalue weighted by atomic mass is 9.87. The topological polar surface area (TPSA) is 62.7 Å². The van der Waals surface area contributed by atoms with Gasteiger partial charge in [-0.2, -0.15) is 10.1 Å². The van der Waals surface area contributed by atoms with Crippen LogP contribution in [0.15, 0.2) is 48.7 Å². The Hall–Kier alpha value is -3.09. The lowest BCUT2D eigenvalue weighted by Gasteiger charge is -2.19. The van der Waals surface area contributed by atoms with E-state index >= 15 is 0 Å². The van der Waals surface area contributed by atoms with Crippen molar-refractivity contribution in [2.45, 2.75) is 26.2 Å². The molecule has 3 aromatic rings. The monoisotopic (exact) mass is 355 g/mol. The molecule has 0 aliphatic heterocycles. The number of halogens is 2. The van der Waals surface area contributed by atoms with Gasteiger partial charge in [0, 0.05) is 11.8 Å². The van der Waals surface area contributed by atoms with Crippen molar-refractivity contribution < 1.29 is 8.78 Å². The summed E-state index contributed by atoms with van der Waals surface area (Å²) >= 11 is 0. The van der Waals surface area contributed by atoms with E-state index in [2.05, 4.69) is 46.6 Å². The van der Waals surface area contributed by atoms with Crippen molar-refractivity contribution in [1.82, 2.24) is 15.2 Å². The molecule has 0 bridgehead atoms. The molecule has 1 aromatic heterocycles. The Labute approximate surface area is 150 Å². The van der Waals surface area contributed by atoms with Gasteiger partial charge in [-0.3, -0.25) is 0 Å². The molecule has 5 nitrogen and oxygen atoms in total. The number of nitrogens with one attached hydrogen (secondary N) is 2. The molecular formula is C19H19F2N5. The van der Waals surface area contributed by atoms with Gasteiger partial charge in [0.1, 0.15) is 11.6 Å². The van der Waals surface area contributed by atoms with E-state index in [4.69, 9.17) is 0 Å². The molecular weight excluding hydrogens is 336 g/mol. The van der Waals surface area contributed by atoms with E-state index in [1.807, 2.05) is 24.3 Å². The molecule has 0 atom stereocenters. The summed E-state index contributed by atoms with van der Waals surface area (Å²) in [5.74, 6) is -0.828. The lowest BCUT2D eigenvalue weighted by Crippen LogP contribution is -2.10. The third-order valence-corrected chi connectivity index (χ3v) is 3.76. The van der Waals surface area contributed by atoms with Crippen molar-refractivity contribution in [3.05, 3.63) is 65.9 Å². The summed E-state index contributed by atoms with van der Waals surface area (Å²) in [6, 6.07) is 11.2. The van der Waals surface area contributed by atoms with Gasteiger partial charge in [0.05, 0.1) is 11.9 Å². The summed E-state index contributed by atoms with van der Waals surface area (Å²) in [5, 5.41) is 13.5. The van der Waals surface area contributed by atoms with Crippen molar-refractivity contribution >= 4 is 23.1 Å². The second-order valence-electron chi connectivity index (χ2n) is 6.87. The molecule has 0 saturated carbocycles. The zero-order valence-corrected chi connectivity index (χ0v) is 14.7. The quantitative estimate of drug-likeness (QED) is 0.694. The van der Waals surface area contributed by atoms with Crippen LogP contribution >= 0.6 is 0 Å². The average molecular weight is 355 g/mol. The molecule has 0 aliphatic carbocycles. The first-order chi connectivity index (χ1) is 12.3. The van der Waals surface area contributed by atoms with Gasteiger partial charge in [-0.15, -0.1) is 5.10 Å². The Morgan fingerprint density at radius 1 is 0.923 bits per heavy atom. The Morgan fingerprint density at radius 3 is 2.31 bits per heavy atom. The van der Waals surface area contributed by atoms with Gasteiger partial charge in [-0.05, 0) is 35.2 Å². The van der Waals surface area contributed by atoms with Crippen LogP contribution in [0.5, 0.6) is 0 Å². The van der Waals surface area contributed by atoms with Crippen LogP contribution in [0.3, 0.4) is 0 Å². The van der Waals surface area contributed by atoms with E-state index in [1.54, 1.807) is 0 Å². The van der Waals surface area contributed by atoms with Crippen molar-refractivity contribution in [3.63, 3.8) is 0 Å². The smallest absolute Gasteiger partial charge is 0.249 e. The lowest BCUT2D eigenvalue weighted by molar-refractivity contribution is 0.586. The Balaban J connectivity index is 1.75. The maximum atomic E-state index is 13.7. The minimum absolute atomic E-state index is 0.0693. The van der Waals surface area contributed by atoms with E-state index in [9.17, 15) is 8.78 Å². The molecule has 1 heterocycles. The summed E-state index contributed by atoms with van der Waals surface area (Å²) < 4.78 is 26.7. The molecule has 0 fully saturated rings. The molecule has 7 heteroatoms. The van der Waals surface area contributed by atoms with Crippen LogP contribution in [0.2, 0.25) is 0 Å². The number of nitrogens with zero attached hydrogens (tertiary/aromatic N) is 3. The molecule has 0 amide bonds. The van der Waals surface area contributed by atoms with Crippen LogP contribution in [0, 0.1) is 11.6 Å². The third kappa shape index (κ3) is 4.30. The summed E-state index contributed by atoms with van der Waals surface area (Å²) in [7, 11) is 0. The van der Waals surface area contributed by atoms with E-state index in [0.717, 1.165) is 17.8 Å². The van der Waals surface area contributed by atoms with E-state index in [1.165, 1.54) is 17.8 Å². The van der Waals surface area contributed by atoms with Gasteiger partial charge < -0.3 is 10.6 Å². The Morgan fingerprint density at radius 2 is 1.65 bits per heavy atom. The van der Waals surface area contributed by atoms with E-state index < -0.39 is 11.6 Å². The summed E-state index contributed by atoms with van der Waals surface area (Å²) in [4.78, 5) is 4.24. The first kappa shape index (κ1) is 17.7. The van der Waals surface area contributed by atoms with Crippen molar-refractivity contribution in [2.24, 2.45) is 0 Å². The first-order valence-corrected chi connectivity index (χ1v) is 8.11. The number of anilines is 4. The van der Waals surface area contributed by atoms with E-state index in [0.29, 0.717) is 5.82 Å². The fraction of sp³-hybridized carbons (Fsp3) is 0.211. The van der Waals surface area contributed by atoms with Crippen LogP contribution in [0.4, 0.5) is 31.9 Å². The van der Waals surface area contributed by atoms with Crippen LogP contribution in [-0.4, -0.2) is 15.2 Å². The van der Waals surface area contributed by atoms with Crippen molar-refractivity contribution in [1.29, 1.82) is 0 Å². The highest BCUT2D eigenvalue weighted by atomic mass is 19.1. The maximum Gasteiger partial charge on any atom is 0.249 e. The molecule has 2 N–H and O–H groups in total. The van der Waals surface area contributed by atoms with Crippen LogP contribution in [0.25, 0.3) is 0 Å². The molecule has 134 valence electrons. The Bertz CT molecular complexity index is 905. The minimum Gasteiger partial charge on any atom is -0.339 e. The summed E-state index contributed by atoms with van der Waals surface area (Å²) in [6.07, 6.45) is 1.46. The predicted octanol–water partition coefficient (Wildman–Crippen LogP) is 4.93. The molecule has 3 rings (SSSR count). The van der Waals surface area contributed by atoms with E-state index in [-0.39, 0.29) is 17.1 Å². The first-order valence-electron chi connectivity index (χ1n) is 8.11. The van der Waals surface area contributed by atoms with Crippen LogP contribution in [0.1, 0.15) is 26.3 Å². The molecule has 0 spiro atoms. The van der Waals surface area contributed by atoms with Gasteiger partial charge in [0.2, 0.25) is 5.95 Å². The predicted molar refractivity (Wildman–Crippen MR) is 97.9 cm³/mol. The van der Waals surface area contributed by atoms with Crippen LogP contribution in [-0.2, 0) is 5.41 Å². The molecule has 0 saturated heterocycles. The molecule has 0 aliphatic rings. The fourth-order valence-corrected chi connectivity index (χ4v) is 2.33. The fourth-order valence-electron chi connectivity index (χ4n) is 2.33. The van der Waals surface area contributed by atoms with Gasteiger partial charge in [-0.25, -0.2) is 8.78 Å². The minimum atomic E-state index is -0.732. The highest BCUT2D eigenvalue weighted by Gasteiger charge is 2.13.